The predicted octanol–water partition coefficient (Wildman–Crippen LogP) is 0.144. The molecule has 5 N–H and O–H groups in total. The molecule has 1 saturated heterocycles. The number of halogens is 1. The Morgan fingerprint density at radius 1 is 1.47 bits per heavy atom. The Morgan fingerprint density at radius 2 is 2.26 bits per heavy atom. The zero-order valence-electron chi connectivity index (χ0n) is 9.62. The largest absolute Gasteiger partial charge is 0.479 e. The number of nitrogens with two attached hydrogens (primary N) is 1. The summed E-state index contributed by atoms with van der Waals surface area (Å²) in [6, 6.07) is 1.60. The van der Waals surface area contributed by atoms with Crippen LogP contribution in [-0.2, 0) is 4.74 Å². The Morgan fingerprint density at radius 3 is 2.89 bits per heavy atom. The number of rotatable bonds is 1. The van der Waals surface area contributed by atoms with Crippen molar-refractivity contribution in [3.05, 3.63) is 30.2 Å². The van der Waals surface area contributed by atoms with E-state index in [2.05, 4.69) is 15.0 Å². The molecule has 3 atom stereocenters. The Bertz CT molecular complexity index is 656. The van der Waals surface area contributed by atoms with E-state index in [9.17, 15) is 14.6 Å². The highest BCUT2D eigenvalue weighted by atomic mass is 19.1. The fourth-order valence-corrected chi connectivity index (χ4v) is 2.01. The molecule has 1 aliphatic heterocycles. The van der Waals surface area contributed by atoms with E-state index in [0.717, 1.165) is 0 Å². The van der Waals surface area contributed by atoms with Gasteiger partial charge in [-0.15, -0.1) is 0 Å². The van der Waals surface area contributed by atoms with Crippen molar-refractivity contribution in [1.29, 1.82) is 0 Å². The number of nitrogens with zero attached hydrogens (tertiary/aromatic N) is 2. The molecule has 100 valence electrons. The first kappa shape index (κ1) is 11.9. The molecule has 7 nitrogen and oxygen atoms in total. The van der Waals surface area contributed by atoms with E-state index >= 15 is 0 Å². The quantitative estimate of drug-likeness (QED) is 0.583. The number of aliphatic hydroxyl groups excluding tert-OH is 2. The van der Waals surface area contributed by atoms with Gasteiger partial charge in [0.1, 0.15) is 24.1 Å². The Labute approximate surface area is 106 Å². The van der Waals surface area contributed by atoms with E-state index in [1.807, 2.05) is 0 Å². The molecule has 0 aromatic carbocycles. The molecule has 0 aliphatic carbocycles. The molecule has 3 rings (SSSR count). The number of fused-ring (bicyclic) bond motifs is 1. The number of pyridine rings is 1. The Hall–Kier alpha value is -2.19. The molecule has 0 radical (unpaired) electrons. The summed E-state index contributed by atoms with van der Waals surface area (Å²) in [4.78, 5) is 11.0. The minimum atomic E-state index is -1.42. The van der Waals surface area contributed by atoms with Crippen LogP contribution in [0.3, 0.4) is 0 Å². The van der Waals surface area contributed by atoms with Crippen LogP contribution in [0.15, 0.2) is 24.4 Å². The van der Waals surface area contributed by atoms with Gasteiger partial charge in [-0.05, 0) is 6.07 Å². The first-order chi connectivity index (χ1) is 9.11. The third-order valence-electron chi connectivity index (χ3n) is 3.01. The normalized spacial score (nSPS) is 29.0. The average molecular weight is 266 g/mol. The van der Waals surface area contributed by atoms with Crippen molar-refractivity contribution >= 4 is 16.9 Å². The molecule has 0 bridgehead atoms. The van der Waals surface area contributed by atoms with E-state index in [1.54, 1.807) is 6.07 Å². The van der Waals surface area contributed by atoms with Crippen LogP contribution < -0.4 is 5.73 Å². The average Bonchev–Trinajstić information content (AvgIpc) is 2.94. The van der Waals surface area contributed by atoms with Crippen LogP contribution in [-0.4, -0.2) is 37.4 Å². The van der Waals surface area contributed by atoms with Crippen LogP contribution in [0.1, 0.15) is 11.9 Å². The first-order valence-electron chi connectivity index (χ1n) is 5.55. The van der Waals surface area contributed by atoms with Gasteiger partial charge in [0.05, 0.1) is 5.69 Å². The van der Waals surface area contributed by atoms with Crippen molar-refractivity contribution in [1.82, 2.24) is 15.0 Å². The highest BCUT2D eigenvalue weighted by Gasteiger charge is 2.42. The molecule has 0 unspecified atom stereocenters. The summed E-state index contributed by atoms with van der Waals surface area (Å²) in [5.41, 5.74) is 7.05. The molecule has 1 aliphatic rings. The maximum Gasteiger partial charge on any atom is 0.184 e. The Kier molecular flexibility index (Phi) is 2.61. The van der Waals surface area contributed by atoms with Gasteiger partial charge in [-0.2, -0.15) is 0 Å². The van der Waals surface area contributed by atoms with Crippen LogP contribution in [0.2, 0.25) is 0 Å². The molecule has 19 heavy (non-hydrogen) atoms. The van der Waals surface area contributed by atoms with Gasteiger partial charge in [0.25, 0.3) is 0 Å². The third-order valence-corrected chi connectivity index (χ3v) is 3.01. The van der Waals surface area contributed by atoms with Crippen LogP contribution in [0.25, 0.3) is 11.2 Å². The second-order valence-electron chi connectivity index (χ2n) is 4.21. The monoisotopic (exact) mass is 266 g/mol. The number of aromatic amines is 1. The number of nitrogen functional groups attached to an aromatic ring is 1. The number of H-pyrrole nitrogens is 1. The smallest absolute Gasteiger partial charge is 0.184 e. The van der Waals surface area contributed by atoms with Crippen molar-refractivity contribution in [2.45, 2.75) is 18.3 Å². The van der Waals surface area contributed by atoms with Gasteiger partial charge in [0, 0.05) is 6.20 Å². The summed E-state index contributed by atoms with van der Waals surface area (Å²) < 4.78 is 17.6. The van der Waals surface area contributed by atoms with Gasteiger partial charge in [0.2, 0.25) is 0 Å². The molecule has 8 heteroatoms. The van der Waals surface area contributed by atoms with Crippen LogP contribution in [0.5, 0.6) is 0 Å². The van der Waals surface area contributed by atoms with Crippen LogP contribution in [0, 0.1) is 0 Å². The van der Waals surface area contributed by atoms with Gasteiger partial charge in [-0.25, -0.2) is 14.4 Å². The van der Waals surface area contributed by atoms with Crippen LogP contribution in [0.4, 0.5) is 10.1 Å². The lowest BCUT2D eigenvalue weighted by Gasteiger charge is -2.10. The first-order valence-corrected chi connectivity index (χ1v) is 5.55. The maximum atomic E-state index is 12.5. The summed E-state index contributed by atoms with van der Waals surface area (Å²) in [5, 5.41) is 19.4. The number of anilines is 1. The molecule has 2 aromatic heterocycles. The lowest BCUT2D eigenvalue weighted by molar-refractivity contribution is 0.0196. The summed E-state index contributed by atoms with van der Waals surface area (Å²) in [6.45, 7) is 0. The van der Waals surface area contributed by atoms with E-state index in [0.29, 0.717) is 16.9 Å². The fourth-order valence-electron chi connectivity index (χ4n) is 2.01. The molecule has 2 aromatic rings. The predicted molar refractivity (Wildman–Crippen MR) is 63.3 cm³/mol. The third kappa shape index (κ3) is 1.72. The lowest BCUT2D eigenvalue weighted by atomic mass is 10.1. The van der Waals surface area contributed by atoms with Crippen molar-refractivity contribution in [2.24, 2.45) is 0 Å². The van der Waals surface area contributed by atoms with Gasteiger partial charge in [-0.1, -0.05) is 0 Å². The zero-order valence-corrected chi connectivity index (χ0v) is 9.62. The van der Waals surface area contributed by atoms with Crippen molar-refractivity contribution in [3.63, 3.8) is 0 Å². The van der Waals surface area contributed by atoms with E-state index in [-0.39, 0.29) is 17.9 Å². The number of hydrogen-bond donors (Lipinski definition) is 4. The molecular weight excluding hydrogens is 255 g/mol. The highest BCUT2D eigenvalue weighted by Crippen LogP contribution is 2.35. The molecule has 3 heterocycles. The van der Waals surface area contributed by atoms with E-state index in [1.165, 1.54) is 6.20 Å². The van der Waals surface area contributed by atoms with Gasteiger partial charge in [-0.3, -0.25) is 0 Å². The van der Waals surface area contributed by atoms with Gasteiger partial charge in [0.15, 0.2) is 23.3 Å². The summed E-state index contributed by atoms with van der Waals surface area (Å²) >= 11 is 0. The highest BCUT2D eigenvalue weighted by molar-refractivity contribution is 5.83. The standard InChI is InChI=1S/C11H11FN4O3/c12-3-5-7(17)8(18)9(19-5)11-15-6-4(13)1-2-14-10(6)16-11/h1-3,7-9,17-18H,(H3,13,14,15,16)/t7-,8-,9-/m1/s1. The summed E-state index contributed by atoms with van der Waals surface area (Å²) in [6.07, 6.45) is -2.12. The van der Waals surface area contributed by atoms with Gasteiger partial charge >= 0.3 is 0 Å². The Balaban J connectivity index is 2.03. The molecule has 0 amide bonds. The summed E-state index contributed by atoms with van der Waals surface area (Å²) in [7, 11) is 0. The topological polar surface area (TPSA) is 117 Å². The molecule has 0 spiro atoms. The number of nitrogens with one attached hydrogen (secondary N) is 1. The van der Waals surface area contributed by atoms with Crippen LogP contribution >= 0.6 is 0 Å². The number of ether oxygens (including phenoxy) is 1. The molecular formula is C11H11FN4O3. The fraction of sp³-hybridized carbons (Fsp3) is 0.273. The van der Waals surface area contributed by atoms with E-state index < -0.39 is 18.3 Å². The van der Waals surface area contributed by atoms with Crippen molar-refractivity contribution < 1.29 is 19.3 Å². The lowest BCUT2D eigenvalue weighted by Crippen LogP contribution is -2.25. The zero-order chi connectivity index (χ0) is 13.6. The summed E-state index contributed by atoms with van der Waals surface area (Å²) in [5.74, 6) is -0.109. The van der Waals surface area contributed by atoms with Crippen molar-refractivity contribution in [2.75, 3.05) is 5.73 Å². The number of imidazole rings is 1. The molecule has 1 fully saturated rings. The second-order valence-corrected chi connectivity index (χ2v) is 4.21. The maximum absolute atomic E-state index is 12.5. The van der Waals surface area contributed by atoms with Crippen molar-refractivity contribution in [3.8, 4) is 0 Å². The number of hydrogen-bond acceptors (Lipinski definition) is 6. The van der Waals surface area contributed by atoms with E-state index in [4.69, 9.17) is 10.5 Å². The second kappa shape index (κ2) is 4.18. The number of aliphatic hydroxyl groups is 2. The number of aromatic nitrogens is 3. The minimum Gasteiger partial charge on any atom is -0.479 e. The molecule has 0 saturated carbocycles. The minimum absolute atomic E-state index is 0.114. The van der Waals surface area contributed by atoms with Gasteiger partial charge < -0.3 is 25.7 Å². The SMILES string of the molecule is Nc1ccnc2nc([C@@H]3OC(=CF)[C@@H](O)[C@H]3O)[nH]c12.